The van der Waals surface area contributed by atoms with Gasteiger partial charge in [0.2, 0.25) is 0 Å². The van der Waals surface area contributed by atoms with Gasteiger partial charge in [-0.3, -0.25) is 14.8 Å². The van der Waals surface area contributed by atoms with Crippen LogP contribution in [0, 0.1) is 0 Å². The van der Waals surface area contributed by atoms with Crippen LogP contribution in [0.3, 0.4) is 0 Å². The van der Waals surface area contributed by atoms with Crippen molar-refractivity contribution in [1.29, 1.82) is 0 Å². The number of pyridine rings is 1. The molecule has 1 aliphatic heterocycles. The molecule has 6 nitrogen and oxygen atoms in total. The molecule has 0 radical (unpaired) electrons. The summed E-state index contributed by atoms with van der Waals surface area (Å²) in [6.07, 6.45) is 7.71. The van der Waals surface area contributed by atoms with E-state index < -0.39 is 0 Å². The number of halogens is 1. The average molecular weight is 465 g/mol. The van der Waals surface area contributed by atoms with Crippen LogP contribution < -0.4 is 0 Å². The third-order valence-corrected chi connectivity index (χ3v) is 6.62. The Kier molecular flexibility index (Phi) is 6.01. The molecular weight excluding hydrogens is 444 g/mol. The Hall–Kier alpha value is -3.03. The maximum absolute atomic E-state index is 13.4. The summed E-state index contributed by atoms with van der Waals surface area (Å²) in [5.74, 6) is 1.54. The van der Waals surface area contributed by atoms with E-state index >= 15 is 0 Å². The quantitative estimate of drug-likeness (QED) is 0.392. The fourth-order valence-electron chi connectivity index (χ4n) is 4.08. The number of benzene rings is 1. The number of thiazole rings is 1. The molecule has 0 unspecified atom stereocenters. The maximum atomic E-state index is 13.4. The average Bonchev–Trinajstić information content (AvgIpc) is 3.51. The fraction of sp³-hybridized carbons (Fsp3) is 0.250. The molecule has 0 saturated carbocycles. The van der Waals surface area contributed by atoms with Gasteiger partial charge in [-0.1, -0.05) is 23.7 Å². The van der Waals surface area contributed by atoms with Crippen molar-refractivity contribution in [2.75, 3.05) is 13.1 Å². The lowest BCUT2D eigenvalue weighted by Crippen LogP contribution is -2.39. The lowest BCUT2D eigenvalue weighted by atomic mass is 9.97. The summed E-state index contributed by atoms with van der Waals surface area (Å²) in [5, 5.41) is 0.705. The van der Waals surface area contributed by atoms with Crippen LogP contribution in [-0.4, -0.2) is 38.8 Å². The van der Waals surface area contributed by atoms with Crippen molar-refractivity contribution in [3.8, 4) is 10.6 Å². The van der Waals surface area contributed by atoms with Crippen molar-refractivity contribution in [3.63, 3.8) is 0 Å². The van der Waals surface area contributed by atoms with Crippen molar-refractivity contribution in [2.45, 2.75) is 25.2 Å². The van der Waals surface area contributed by atoms with Crippen LogP contribution in [0.25, 0.3) is 10.6 Å². The third kappa shape index (κ3) is 4.45. The smallest absolute Gasteiger partial charge is 0.256 e. The van der Waals surface area contributed by atoms with E-state index in [0.717, 1.165) is 29.0 Å². The van der Waals surface area contributed by atoms with Gasteiger partial charge in [0, 0.05) is 36.9 Å². The third-order valence-electron chi connectivity index (χ3n) is 5.60. The highest BCUT2D eigenvalue weighted by atomic mass is 35.5. The molecular formula is C24H21ClN4O2S. The molecule has 1 amide bonds. The Morgan fingerprint density at radius 1 is 1.22 bits per heavy atom. The number of aromatic nitrogens is 3. The van der Waals surface area contributed by atoms with Gasteiger partial charge in [-0.15, -0.1) is 11.3 Å². The molecule has 0 bridgehead atoms. The number of carbonyl (C=O) groups excluding carboxylic acids is 1. The molecule has 1 saturated heterocycles. The second-order valence-corrected chi connectivity index (χ2v) is 9.15. The number of hydrogen-bond acceptors (Lipinski definition) is 6. The van der Waals surface area contributed by atoms with E-state index in [1.54, 1.807) is 30.2 Å². The van der Waals surface area contributed by atoms with Gasteiger partial charge in [0.15, 0.2) is 5.89 Å². The molecule has 1 aliphatic rings. The van der Waals surface area contributed by atoms with E-state index in [9.17, 15) is 4.79 Å². The summed E-state index contributed by atoms with van der Waals surface area (Å²) in [6, 6.07) is 11.4. The van der Waals surface area contributed by atoms with Gasteiger partial charge in [-0.2, -0.15) is 0 Å². The van der Waals surface area contributed by atoms with Crippen molar-refractivity contribution in [1.82, 2.24) is 19.9 Å². The van der Waals surface area contributed by atoms with Crippen LogP contribution in [0.1, 0.15) is 46.3 Å². The van der Waals surface area contributed by atoms with Crippen LogP contribution in [0.5, 0.6) is 0 Å². The molecule has 8 heteroatoms. The number of amides is 1. The normalized spacial score (nSPS) is 16.3. The van der Waals surface area contributed by atoms with Gasteiger partial charge in [0.25, 0.3) is 5.91 Å². The summed E-state index contributed by atoms with van der Waals surface area (Å²) in [5.41, 5.74) is 4.11. The minimum absolute atomic E-state index is 0.0168. The first-order valence-electron chi connectivity index (χ1n) is 10.5. The predicted octanol–water partition coefficient (Wildman–Crippen LogP) is 5.46. The zero-order valence-electron chi connectivity index (χ0n) is 17.3. The summed E-state index contributed by atoms with van der Waals surface area (Å²) in [7, 11) is 0. The van der Waals surface area contributed by atoms with Crippen LogP contribution in [0.2, 0.25) is 5.02 Å². The zero-order valence-corrected chi connectivity index (χ0v) is 18.9. The lowest BCUT2D eigenvalue weighted by Gasteiger charge is -2.31. The molecule has 0 spiro atoms. The van der Waals surface area contributed by atoms with Gasteiger partial charge in [-0.05, 0) is 42.7 Å². The van der Waals surface area contributed by atoms with E-state index in [0.29, 0.717) is 41.7 Å². The first-order chi connectivity index (χ1) is 15.7. The number of likely N-dealkylation sites (tertiary alicyclic amines) is 1. The highest BCUT2D eigenvalue weighted by Gasteiger charge is 2.30. The minimum atomic E-state index is -0.0168. The van der Waals surface area contributed by atoms with Crippen molar-refractivity contribution >= 4 is 28.8 Å². The van der Waals surface area contributed by atoms with Gasteiger partial charge in [-0.25, -0.2) is 4.98 Å². The summed E-state index contributed by atoms with van der Waals surface area (Å²) in [4.78, 5) is 29.3. The molecule has 1 aromatic carbocycles. The van der Waals surface area contributed by atoms with Crippen LogP contribution in [0.4, 0.5) is 0 Å². The monoisotopic (exact) mass is 464 g/mol. The van der Waals surface area contributed by atoms with E-state index in [1.807, 2.05) is 35.2 Å². The summed E-state index contributed by atoms with van der Waals surface area (Å²) < 4.78 is 6.07. The summed E-state index contributed by atoms with van der Waals surface area (Å²) >= 11 is 7.57. The van der Waals surface area contributed by atoms with Crippen molar-refractivity contribution < 1.29 is 9.21 Å². The van der Waals surface area contributed by atoms with Crippen molar-refractivity contribution in [3.05, 3.63) is 88.3 Å². The standard InChI is InChI=1S/C24H21ClN4O2S/c25-18-6-1-4-16(10-18)11-19-12-28-23(31-19)17-5-3-9-29(14-17)24(30)20-7-2-8-27-22(20)21-13-26-15-32-21/h1-2,4,6-8,10,12-13,15,17H,3,5,9,11,14H2/t17-/m0/s1. The van der Waals surface area contributed by atoms with Gasteiger partial charge >= 0.3 is 0 Å². The number of nitrogens with zero attached hydrogens (tertiary/aromatic N) is 4. The second kappa shape index (κ2) is 9.22. The van der Waals surface area contributed by atoms with Crippen LogP contribution in [-0.2, 0) is 6.42 Å². The molecule has 1 fully saturated rings. The highest BCUT2D eigenvalue weighted by molar-refractivity contribution is 7.13. The second-order valence-electron chi connectivity index (χ2n) is 7.83. The zero-order chi connectivity index (χ0) is 21.9. The SMILES string of the molecule is O=C(c1cccnc1-c1cncs1)N1CCC[C@H](c2ncc(Cc3cccc(Cl)c3)o2)C1. The molecule has 0 aliphatic carbocycles. The maximum Gasteiger partial charge on any atom is 0.256 e. The van der Waals surface area contributed by atoms with Gasteiger partial charge in [0.1, 0.15) is 5.76 Å². The number of piperidine rings is 1. The van der Waals surface area contributed by atoms with E-state index in [4.69, 9.17) is 16.0 Å². The Balaban J connectivity index is 1.31. The Morgan fingerprint density at radius 3 is 3.00 bits per heavy atom. The topological polar surface area (TPSA) is 72.1 Å². The Bertz CT molecular complexity index is 1220. The summed E-state index contributed by atoms with van der Waals surface area (Å²) in [6.45, 7) is 1.29. The van der Waals surface area contributed by atoms with E-state index in [1.165, 1.54) is 11.3 Å². The number of hydrogen-bond donors (Lipinski definition) is 0. The Morgan fingerprint density at radius 2 is 2.16 bits per heavy atom. The van der Waals surface area contributed by atoms with Gasteiger partial charge < -0.3 is 9.32 Å². The molecule has 3 aromatic heterocycles. The Labute approximate surface area is 194 Å². The molecule has 162 valence electrons. The first-order valence-corrected chi connectivity index (χ1v) is 11.8. The number of carbonyl (C=O) groups is 1. The first kappa shape index (κ1) is 20.8. The van der Waals surface area contributed by atoms with Crippen LogP contribution in [0.15, 0.2) is 64.9 Å². The molecule has 4 heterocycles. The lowest BCUT2D eigenvalue weighted by molar-refractivity contribution is 0.0698. The molecule has 4 aromatic rings. The molecule has 32 heavy (non-hydrogen) atoms. The van der Waals surface area contributed by atoms with Gasteiger partial charge in [0.05, 0.1) is 33.8 Å². The van der Waals surface area contributed by atoms with Crippen LogP contribution >= 0.6 is 22.9 Å². The molecule has 0 N–H and O–H groups in total. The molecule has 1 atom stereocenters. The molecule has 5 rings (SSSR count). The van der Waals surface area contributed by atoms with E-state index in [2.05, 4.69) is 15.0 Å². The van der Waals surface area contributed by atoms with E-state index in [-0.39, 0.29) is 11.8 Å². The predicted molar refractivity (Wildman–Crippen MR) is 124 cm³/mol. The largest absolute Gasteiger partial charge is 0.445 e. The number of rotatable bonds is 5. The highest BCUT2D eigenvalue weighted by Crippen LogP contribution is 2.30. The fourth-order valence-corrected chi connectivity index (χ4v) is 4.93. The van der Waals surface area contributed by atoms with Crippen molar-refractivity contribution in [2.24, 2.45) is 0 Å². The number of oxazole rings is 1. The minimum Gasteiger partial charge on any atom is -0.445 e.